The van der Waals surface area contributed by atoms with Crippen molar-refractivity contribution in [3.63, 3.8) is 0 Å². The number of hydrogen-bond donors (Lipinski definition) is 1. The highest BCUT2D eigenvalue weighted by molar-refractivity contribution is 4.86. The highest BCUT2D eigenvalue weighted by Crippen LogP contribution is 2.31. The van der Waals surface area contributed by atoms with Crippen molar-refractivity contribution in [2.24, 2.45) is 11.8 Å². The average Bonchev–Trinajstić information content (AvgIpc) is 2.42. The van der Waals surface area contributed by atoms with E-state index in [-0.39, 0.29) is 6.10 Å². The van der Waals surface area contributed by atoms with E-state index in [4.69, 9.17) is 4.74 Å². The molecule has 3 heteroatoms. The van der Waals surface area contributed by atoms with Gasteiger partial charge in [-0.25, -0.2) is 0 Å². The molecule has 0 aromatic rings. The maximum atomic E-state index is 10.3. The van der Waals surface area contributed by atoms with E-state index in [9.17, 15) is 5.11 Å². The molecule has 0 aromatic carbocycles. The van der Waals surface area contributed by atoms with Crippen molar-refractivity contribution in [1.29, 1.82) is 0 Å². The summed E-state index contributed by atoms with van der Waals surface area (Å²) >= 11 is 0. The van der Waals surface area contributed by atoms with Crippen LogP contribution >= 0.6 is 0 Å². The van der Waals surface area contributed by atoms with Gasteiger partial charge in [0.25, 0.3) is 0 Å². The zero-order valence-corrected chi connectivity index (χ0v) is 12.7. The van der Waals surface area contributed by atoms with Gasteiger partial charge in [0.1, 0.15) is 0 Å². The molecular formula is C16H31NO2. The second-order valence-corrected chi connectivity index (χ2v) is 6.60. The van der Waals surface area contributed by atoms with Crippen molar-refractivity contribution in [2.45, 2.75) is 64.0 Å². The lowest BCUT2D eigenvalue weighted by molar-refractivity contribution is -0.00552. The Morgan fingerprint density at radius 3 is 2.53 bits per heavy atom. The third-order valence-corrected chi connectivity index (χ3v) is 5.04. The highest BCUT2D eigenvalue weighted by atomic mass is 16.5. The van der Waals surface area contributed by atoms with Crippen LogP contribution in [0.15, 0.2) is 0 Å². The molecule has 112 valence electrons. The lowest BCUT2D eigenvalue weighted by Gasteiger charge is -2.40. The molecule has 3 nitrogen and oxygen atoms in total. The summed E-state index contributed by atoms with van der Waals surface area (Å²) in [6.45, 7) is 5.24. The van der Waals surface area contributed by atoms with E-state index in [1.165, 1.54) is 38.5 Å². The first kappa shape index (κ1) is 15.3. The molecule has 0 radical (unpaired) electrons. The molecule has 0 aromatic heterocycles. The number of likely N-dealkylation sites (N-methyl/N-ethyl adjacent to an activating group) is 1. The maximum Gasteiger partial charge on any atom is 0.0695 e. The van der Waals surface area contributed by atoms with Crippen LogP contribution in [-0.4, -0.2) is 49.0 Å². The Morgan fingerprint density at radius 1 is 1.11 bits per heavy atom. The summed E-state index contributed by atoms with van der Waals surface area (Å²) in [7, 11) is 2.21. The Morgan fingerprint density at radius 2 is 1.84 bits per heavy atom. The summed E-state index contributed by atoms with van der Waals surface area (Å²) in [5.41, 5.74) is 0. The van der Waals surface area contributed by atoms with Crippen molar-refractivity contribution < 1.29 is 9.84 Å². The minimum Gasteiger partial charge on any atom is -0.391 e. The number of ether oxygens (including phenoxy) is 1. The lowest BCUT2D eigenvalue weighted by atomic mass is 9.80. The molecule has 1 aliphatic carbocycles. The molecule has 1 heterocycles. The Bertz CT molecular complexity index is 253. The van der Waals surface area contributed by atoms with Crippen molar-refractivity contribution in [3.8, 4) is 0 Å². The fourth-order valence-electron chi connectivity index (χ4n) is 3.83. The standard InChI is InChI=1S/C16H31NO2/c1-3-4-13-5-6-16(18)15(11-13)17(2)12-14-7-9-19-10-8-14/h13-16,18H,3-12H2,1-2H3. The molecule has 1 N–H and O–H groups in total. The third-order valence-electron chi connectivity index (χ3n) is 5.04. The molecule has 1 saturated carbocycles. The smallest absolute Gasteiger partial charge is 0.0695 e. The molecule has 3 atom stereocenters. The molecule has 0 amide bonds. The Hall–Kier alpha value is -0.120. The molecule has 19 heavy (non-hydrogen) atoms. The Balaban J connectivity index is 1.82. The summed E-state index contributed by atoms with van der Waals surface area (Å²) in [6, 6.07) is 0.383. The van der Waals surface area contributed by atoms with Crippen LogP contribution in [0.2, 0.25) is 0 Å². The monoisotopic (exact) mass is 269 g/mol. The Kier molecular flexibility index (Phi) is 6.11. The first-order valence-electron chi connectivity index (χ1n) is 8.16. The van der Waals surface area contributed by atoms with Crippen molar-refractivity contribution >= 4 is 0 Å². The van der Waals surface area contributed by atoms with Gasteiger partial charge in [-0.1, -0.05) is 19.8 Å². The summed E-state index contributed by atoms with van der Waals surface area (Å²) < 4.78 is 5.43. The van der Waals surface area contributed by atoms with Crippen molar-refractivity contribution in [1.82, 2.24) is 4.90 Å². The number of hydrogen-bond acceptors (Lipinski definition) is 3. The van der Waals surface area contributed by atoms with Crippen LogP contribution in [0.3, 0.4) is 0 Å². The largest absolute Gasteiger partial charge is 0.391 e. The zero-order chi connectivity index (χ0) is 13.7. The van der Waals surface area contributed by atoms with Gasteiger partial charge in [0.05, 0.1) is 6.10 Å². The fourth-order valence-corrected chi connectivity index (χ4v) is 3.83. The van der Waals surface area contributed by atoms with Crippen LogP contribution in [0, 0.1) is 11.8 Å². The highest BCUT2D eigenvalue weighted by Gasteiger charge is 2.32. The van der Waals surface area contributed by atoms with E-state index in [2.05, 4.69) is 18.9 Å². The number of rotatable bonds is 5. The summed E-state index contributed by atoms with van der Waals surface area (Å²) in [6.07, 6.45) is 8.26. The number of nitrogens with zero attached hydrogens (tertiary/aromatic N) is 1. The van der Waals surface area contributed by atoms with Gasteiger partial charge in [-0.15, -0.1) is 0 Å². The minimum absolute atomic E-state index is 0.113. The molecule has 2 rings (SSSR count). The maximum absolute atomic E-state index is 10.3. The van der Waals surface area contributed by atoms with E-state index in [1.54, 1.807) is 0 Å². The number of aliphatic hydroxyl groups excluding tert-OH is 1. The van der Waals surface area contributed by atoms with Crippen LogP contribution in [0.5, 0.6) is 0 Å². The molecule has 2 fully saturated rings. The summed E-state index contributed by atoms with van der Waals surface area (Å²) in [5, 5.41) is 10.3. The second kappa shape index (κ2) is 7.61. The van der Waals surface area contributed by atoms with E-state index in [1.807, 2.05) is 0 Å². The quantitative estimate of drug-likeness (QED) is 0.833. The van der Waals surface area contributed by atoms with E-state index in [0.717, 1.165) is 38.0 Å². The first-order valence-corrected chi connectivity index (χ1v) is 8.16. The van der Waals surface area contributed by atoms with Crippen molar-refractivity contribution in [3.05, 3.63) is 0 Å². The second-order valence-electron chi connectivity index (χ2n) is 6.60. The van der Waals surface area contributed by atoms with Gasteiger partial charge in [-0.2, -0.15) is 0 Å². The van der Waals surface area contributed by atoms with E-state index >= 15 is 0 Å². The van der Waals surface area contributed by atoms with Gasteiger partial charge in [0, 0.05) is 25.8 Å². The summed E-state index contributed by atoms with van der Waals surface area (Å²) in [4.78, 5) is 2.43. The van der Waals surface area contributed by atoms with Crippen LogP contribution in [0.1, 0.15) is 51.9 Å². The van der Waals surface area contributed by atoms with E-state index < -0.39 is 0 Å². The van der Waals surface area contributed by atoms with Gasteiger partial charge >= 0.3 is 0 Å². The fraction of sp³-hybridized carbons (Fsp3) is 1.00. The molecule has 2 aliphatic rings. The summed E-state index contributed by atoms with van der Waals surface area (Å²) in [5.74, 6) is 1.59. The molecule has 0 bridgehead atoms. The topological polar surface area (TPSA) is 32.7 Å². The Labute approximate surface area is 118 Å². The minimum atomic E-state index is -0.113. The average molecular weight is 269 g/mol. The van der Waals surface area contributed by atoms with Crippen LogP contribution in [-0.2, 0) is 4.74 Å². The van der Waals surface area contributed by atoms with Crippen molar-refractivity contribution in [2.75, 3.05) is 26.8 Å². The van der Waals surface area contributed by atoms with Crippen LogP contribution in [0.25, 0.3) is 0 Å². The zero-order valence-electron chi connectivity index (χ0n) is 12.7. The SMILES string of the molecule is CCCC1CCC(O)C(N(C)CC2CCOCC2)C1. The van der Waals surface area contributed by atoms with Gasteiger partial charge in [-0.05, 0) is 51.0 Å². The van der Waals surface area contributed by atoms with Crippen LogP contribution in [0.4, 0.5) is 0 Å². The predicted molar refractivity (Wildman–Crippen MR) is 78.2 cm³/mol. The van der Waals surface area contributed by atoms with Gasteiger partial charge in [0.15, 0.2) is 0 Å². The first-order chi connectivity index (χ1) is 9.20. The lowest BCUT2D eigenvalue weighted by Crippen LogP contribution is -2.47. The molecule has 0 spiro atoms. The molecular weight excluding hydrogens is 238 g/mol. The van der Waals surface area contributed by atoms with Gasteiger partial charge in [0.2, 0.25) is 0 Å². The van der Waals surface area contributed by atoms with Gasteiger partial charge in [-0.3, -0.25) is 0 Å². The van der Waals surface area contributed by atoms with Gasteiger partial charge < -0.3 is 14.7 Å². The molecule has 3 unspecified atom stereocenters. The predicted octanol–water partition coefficient (Wildman–Crippen LogP) is 2.67. The molecule has 1 aliphatic heterocycles. The third kappa shape index (κ3) is 4.44. The van der Waals surface area contributed by atoms with Crippen LogP contribution < -0.4 is 0 Å². The van der Waals surface area contributed by atoms with E-state index in [0.29, 0.717) is 6.04 Å². The molecule has 1 saturated heterocycles. The normalized spacial score (nSPS) is 33.8. The number of aliphatic hydroxyl groups is 1.